The molecule has 0 aliphatic carbocycles. The molecule has 0 unspecified atom stereocenters. The van der Waals surface area contributed by atoms with E-state index in [9.17, 15) is 4.79 Å². The molecule has 0 saturated carbocycles. The predicted molar refractivity (Wildman–Crippen MR) is 86.4 cm³/mol. The number of nitrogens with one attached hydrogen (secondary N) is 1. The average Bonchev–Trinajstić information content (AvgIpc) is 2.85. The summed E-state index contributed by atoms with van der Waals surface area (Å²) >= 11 is 6.02. The summed E-state index contributed by atoms with van der Waals surface area (Å²) in [6.07, 6.45) is 0. The molecule has 2 aromatic heterocycles. The number of methoxy groups -OCH3 is 1. The Morgan fingerprint density at radius 2 is 1.95 bits per heavy atom. The molecule has 5 nitrogen and oxygen atoms in total. The summed E-state index contributed by atoms with van der Waals surface area (Å²) in [6, 6.07) is 8.06. The predicted octanol–water partition coefficient (Wildman–Crippen LogP) is 3.11. The molecular weight excluding hydrogens is 302 g/mol. The third kappa shape index (κ3) is 2.32. The van der Waals surface area contributed by atoms with Crippen LogP contribution in [0, 0.1) is 13.8 Å². The van der Waals surface area contributed by atoms with Crippen LogP contribution in [0.15, 0.2) is 29.1 Å². The standard InChI is InChI=1S/C16H16ClN3O2/c1-9-4-6-11(7-5-9)13-12(8-22-3)19-20-15(13)18-10(2)14(17)16(20)21/h4-7,19H,8H2,1-3H3. The molecule has 114 valence electrons. The number of aromatic amines is 1. The van der Waals surface area contributed by atoms with Crippen molar-refractivity contribution >= 4 is 17.2 Å². The normalized spacial score (nSPS) is 11.3. The minimum Gasteiger partial charge on any atom is -0.378 e. The summed E-state index contributed by atoms with van der Waals surface area (Å²) in [7, 11) is 1.61. The minimum absolute atomic E-state index is 0.123. The van der Waals surface area contributed by atoms with Gasteiger partial charge in [-0.25, -0.2) is 4.98 Å². The van der Waals surface area contributed by atoms with E-state index >= 15 is 0 Å². The van der Waals surface area contributed by atoms with Crippen LogP contribution in [0.25, 0.3) is 16.8 Å². The van der Waals surface area contributed by atoms with Crippen LogP contribution in [0.1, 0.15) is 17.0 Å². The fraction of sp³-hybridized carbons (Fsp3) is 0.250. The van der Waals surface area contributed by atoms with E-state index in [-0.39, 0.29) is 10.6 Å². The maximum Gasteiger partial charge on any atom is 0.291 e. The van der Waals surface area contributed by atoms with Crippen molar-refractivity contribution in [2.45, 2.75) is 20.5 Å². The highest BCUT2D eigenvalue weighted by Gasteiger charge is 2.18. The summed E-state index contributed by atoms with van der Waals surface area (Å²) < 4.78 is 6.61. The molecule has 0 atom stereocenters. The molecule has 0 radical (unpaired) electrons. The zero-order valence-electron chi connectivity index (χ0n) is 12.6. The van der Waals surface area contributed by atoms with Gasteiger partial charge in [-0.3, -0.25) is 9.89 Å². The lowest BCUT2D eigenvalue weighted by Crippen LogP contribution is -2.17. The van der Waals surface area contributed by atoms with Crippen molar-refractivity contribution in [1.29, 1.82) is 0 Å². The summed E-state index contributed by atoms with van der Waals surface area (Å²) in [5.74, 6) is 0. The Labute approximate surface area is 132 Å². The van der Waals surface area contributed by atoms with Crippen LogP contribution in [-0.4, -0.2) is 21.7 Å². The van der Waals surface area contributed by atoms with Gasteiger partial charge in [-0.05, 0) is 19.4 Å². The van der Waals surface area contributed by atoms with Gasteiger partial charge in [-0.1, -0.05) is 41.4 Å². The Balaban J connectivity index is 2.37. The van der Waals surface area contributed by atoms with E-state index in [1.807, 2.05) is 31.2 Å². The van der Waals surface area contributed by atoms with Crippen molar-refractivity contribution in [2.75, 3.05) is 7.11 Å². The molecule has 6 heteroatoms. The number of ether oxygens (including phenoxy) is 1. The molecular formula is C16H16ClN3O2. The zero-order valence-corrected chi connectivity index (χ0v) is 13.4. The van der Waals surface area contributed by atoms with Crippen molar-refractivity contribution in [1.82, 2.24) is 14.6 Å². The first kappa shape index (κ1) is 14.8. The van der Waals surface area contributed by atoms with Crippen LogP contribution in [-0.2, 0) is 11.3 Å². The Hall–Kier alpha value is -2.11. The van der Waals surface area contributed by atoms with Crippen LogP contribution >= 0.6 is 11.6 Å². The molecule has 0 spiro atoms. The number of hydrogen-bond acceptors (Lipinski definition) is 3. The average molecular weight is 318 g/mol. The number of rotatable bonds is 3. The van der Waals surface area contributed by atoms with E-state index < -0.39 is 0 Å². The van der Waals surface area contributed by atoms with Crippen LogP contribution in [0.3, 0.4) is 0 Å². The molecule has 0 fully saturated rings. The summed E-state index contributed by atoms with van der Waals surface area (Å²) in [4.78, 5) is 16.8. The van der Waals surface area contributed by atoms with Crippen LogP contribution in [0.2, 0.25) is 5.02 Å². The molecule has 0 saturated heterocycles. The Morgan fingerprint density at radius 1 is 1.27 bits per heavy atom. The lowest BCUT2D eigenvalue weighted by molar-refractivity contribution is 0.181. The third-order valence-corrected chi connectivity index (χ3v) is 4.03. The second-order valence-electron chi connectivity index (χ2n) is 5.24. The molecule has 1 aromatic carbocycles. The quantitative estimate of drug-likeness (QED) is 0.807. The van der Waals surface area contributed by atoms with E-state index in [0.29, 0.717) is 17.9 Å². The van der Waals surface area contributed by atoms with E-state index in [0.717, 1.165) is 16.8 Å². The van der Waals surface area contributed by atoms with Crippen molar-refractivity contribution in [3.8, 4) is 11.1 Å². The van der Waals surface area contributed by atoms with Gasteiger partial charge in [0.15, 0.2) is 5.65 Å². The lowest BCUT2D eigenvalue weighted by Gasteiger charge is -2.04. The van der Waals surface area contributed by atoms with Crippen LogP contribution < -0.4 is 5.56 Å². The number of aromatic nitrogens is 3. The first-order chi connectivity index (χ1) is 10.5. The van der Waals surface area contributed by atoms with Gasteiger partial charge in [-0.2, -0.15) is 4.52 Å². The van der Waals surface area contributed by atoms with Gasteiger partial charge in [0, 0.05) is 12.7 Å². The first-order valence-corrected chi connectivity index (χ1v) is 7.26. The van der Waals surface area contributed by atoms with Gasteiger partial charge < -0.3 is 4.74 Å². The smallest absolute Gasteiger partial charge is 0.291 e. The van der Waals surface area contributed by atoms with E-state index in [4.69, 9.17) is 16.3 Å². The second-order valence-corrected chi connectivity index (χ2v) is 5.62. The molecule has 0 aliphatic heterocycles. The van der Waals surface area contributed by atoms with Crippen LogP contribution in [0.4, 0.5) is 0 Å². The van der Waals surface area contributed by atoms with Gasteiger partial charge in [-0.15, -0.1) is 0 Å². The second kappa shape index (κ2) is 5.59. The fourth-order valence-electron chi connectivity index (χ4n) is 2.48. The summed E-state index contributed by atoms with van der Waals surface area (Å²) in [5.41, 5.74) is 4.56. The molecule has 1 N–H and O–H groups in total. The van der Waals surface area contributed by atoms with Crippen molar-refractivity contribution < 1.29 is 4.74 Å². The number of fused-ring (bicyclic) bond motifs is 1. The number of hydrogen-bond donors (Lipinski definition) is 1. The largest absolute Gasteiger partial charge is 0.378 e. The van der Waals surface area contributed by atoms with E-state index in [2.05, 4.69) is 10.1 Å². The monoisotopic (exact) mass is 317 g/mol. The molecule has 3 aromatic rings. The van der Waals surface area contributed by atoms with Gasteiger partial charge in [0.2, 0.25) is 0 Å². The van der Waals surface area contributed by atoms with Gasteiger partial charge >= 0.3 is 0 Å². The molecule has 3 rings (SSSR count). The number of benzene rings is 1. The minimum atomic E-state index is -0.306. The van der Waals surface area contributed by atoms with Gasteiger partial charge in [0.25, 0.3) is 5.56 Å². The zero-order chi connectivity index (χ0) is 15.9. The summed E-state index contributed by atoms with van der Waals surface area (Å²) in [6.45, 7) is 4.11. The topological polar surface area (TPSA) is 59.4 Å². The number of nitrogens with zero attached hydrogens (tertiary/aromatic N) is 2. The van der Waals surface area contributed by atoms with Crippen LogP contribution in [0.5, 0.6) is 0 Å². The fourth-order valence-corrected chi connectivity index (χ4v) is 2.60. The highest BCUT2D eigenvalue weighted by molar-refractivity contribution is 6.31. The molecule has 2 heterocycles. The Morgan fingerprint density at radius 3 is 2.59 bits per heavy atom. The Kier molecular flexibility index (Phi) is 3.76. The lowest BCUT2D eigenvalue weighted by atomic mass is 10.0. The molecule has 0 aliphatic rings. The van der Waals surface area contributed by atoms with E-state index in [1.165, 1.54) is 10.1 Å². The highest BCUT2D eigenvalue weighted by atomic mass is 35.5. The molecule has 0 bridgehead atoms. The number of aryl methyl sites for hydroxylation is 2. The maximum absolute atomic E-state index is 12.3. The SMILES string of the molecule is COCc1[nH]n2c(=O)c(Cl)c(C)nc2c1-c1ccc(C)cc1. The van der Waals surface area contributed by atoms with Crippen molar-refractivity contribution in [3.63, 3.8) is 0 Å². The maximum atomic E-state index is 12.3. The van der Waals surface area contributed by atoms with Gasteiger partial charge in [0.05, 0.1) is 18.0 Å². The number of halogens is 1. The molecule has 22 heavy (non-hydrogen) atoms. The van der Waals surface area contributed by atoms with Crippen molar-refractivity contribution in [3.05, 3.63) is 56.6 Å². The van der Waals surface area contributed by atoms with Crippen molar-refractivity contribution in [2.24, 2.45) is 0 Å². The molecule has 0 amide bonds. The third-order valence-electron chi connectivity index (χ3n) is 3.59. The highest BCUT2D eigenvalue weighted by Crippen LogP contribution is 2.28. The van der Waals surface area contributed by atoms with E-state index in [1.54, 1.807) is 14.0 Å². The first-order valence-electron chi connectivity index (χ1n) is 6.88. The van der Waals surface area contributed by atoms with Gasteiger partial charge in [0.1, 0.15) is 5.02 Å². The number of H-pyrrole nitrogens is 1. The summed E-state index contributed by atoms with van der Waals surface area (Å²) in [5, 5.41) is 3.17. The Bertz CT molecular complexity index is 894.